The van der Waals surface area contributed by atoms with Crippen LogP contribution in [0.15, 0.2) is 93.9 Å². The molecule has 1 amide bonds. The first-order valence-electron chi connectivity index (χ1n) is 12.4. The van der Waals surface area contributed by atoms with Gasteiger partial charge in [-0.1, -0.05) is 53.8 Å². The number of benzene rings is 3. The van der Waals surface area contributed by atoms with Gasteiger partial charge in [-0.25, -0.2) is 4.99 Å². The van der Waals surface area contributed by atoms with E-state index in [1.165, 1.54) is 23.0 Å². The highest BCUT2D eigenvalue weighted by molar-refractivity contribution is 7.07. The van der Waals surface area contributed by atoms with Crippen LogP contribution in [0.4, 0.5) is 5.69 Å². The standard InChI is InChI=1S/C30H27N3O5S/c1-4-38-22-15-13-19(14-16-22)26-25(28(35)32-21-10-6-5-7-11-21)18(2)31-30-33(26)29(36)24(39-30)17-20-9-8-12-23(37-3)27(20)34/h5-17,26,34H,4H2,1-3H3,(H,32,35)/b24-17-/t26-/m1/s1. The zero-order valence-corrected chi connectivity index (χ0v) is 22.5. The Morgan fingerprint density at radius 2 is 1.85 bits per heavy atom. The van der Waals surface area contributed by atoms with Crippen LogP contribution in [0.2, 0.25) is 0 Å². The molecule has 3 aromatic carbocycles. The molecule has 9 heteroatoms. The van der Waals surface area contributed by atoms with Gasteiger partial charge in [-0.05, 0) is 55.8 Å². The fraction of sp³-hybridized carbons (Fsp3) is 0.167. The summed E-state index contributed by atoms with van der Waals surface area (Å²) in [6.45, 7) is 4.20. The summed E-state index contributed by atoms with van der Waals surface area (Å²) in [4.78, 5) is 32.6. The second-order valence-electron chi connectivity index (χ2n) is 8.80. The Balaban J connectivity index is 1.67. The van der Waals surface area contributed by atoms with E-state index < -0.39 is 6.04 Å². The zero-order chi connectivity index (χ0) is 27.5. The van der Waals surface area contributed by atoms with E-state index in [0.717, 1.165) is 5.56 Å². The first-order chi connectivity index (χ1) is 18.9. The first-order valence-corrected chi connectivity index (χ1v) is 13.2. The van der Waals surface area contributed by atoms with Gasteiger partial charge in [0.1, 0.15) is 5.75 Å². The first kappa shape index (κ1) is 26.0. The lowest BCUT2D eigenvalue weighted by Crippen LogP contribution is -2.40. The zero-order valence-electron chi connectivity index (χ0n) is 21.7. The molecule has 1 aliphatic rings. The number of aromatic nitrogens is 1. The number of fused-ring (bicyclic) bond motifs is 1. The molecule has 1 atom stereocenters. The number of carbonyl (C=O) groups is 1. The molecule has 0 radical (unpaired) electrons. The number of hydrogen-bond acceptors (Lipinski definition) is 7. The van der Waals surface area contributed by atoms with E-state index in [-0.39, 0.29) is 17.2 Å². The van der Waals surface area contributed by atoms with Gasteiger partial charge in [0.05, 0.1) is 35.6 Å². The fourth-order valence-corrected chi connectivity index (χ4v) is 5.56. The summed E-state index contributed by atoms with van der Waals surface area (Å²) in [6, 6.07) is 20.9. The third-order valence-electron chi connectivity index (χ3n) is 6.34. The highest BCUT2D eigenvalue weighted by Crippen LogP contribution is 2.32. The largest absolute Gasteiger partial charge is 0.504 e. The van der Waals surface area contributed by atoms with Crippen molar-refractivity contribution in [3.63, 3.8) is 0 Å². The fourth-order valence-electron chi connectivity index (χ4n) is 4.52. The van der Waals surface area contributed by atoms with Gasteiger partial charge in [-0.2, -0.15) is 0 Å². The number of rotatable bonds is 7. The number of para-hydroxylation sites is 2. The van der Waals surface area contributed by atoms with E-state index in [0.29, 0.717) is 50.0 Å². The van der Waals surface area contributed by atoms with Gasteiger partial charge in [0.25, 0.3) is 11.5 Å². The number of aromatic hydroxyl groups is 1. The number of carbonyl (C=O) groups excluding carboxylic acids is 1. The van der Waals surface area contributed by atoms with Crippen LogP contribution in [0.3, 0.4) is 0 Å². The summed E-state index contributed by atoms with van der Waals surface area (Å²) >= 11 is 1.20. The summed E-state index contributed by atoms with van der Waals surface area (Å²) in [7, 11) is 1.47. The van der Waals surface area contributed by atoms with E-state index in [1.807, 2.05) is 49.4 Å². The summed E-state index contributed by atoms with van der Waals surface area (Å²) in [6.07, 6.45) is 1.61. The number of methoxy groups -OCH3 is 1. The number of nitrogens with one attached hydrogen (secondary N) is 1. The van der Waals surface area contributed by atoms with Crippen LogP contribution in [0, 0.1) is 0 Å². The molecule has 0 aliphatic carbocycles. The number of phenolic OH excluding ortho intramolecular Hbond substituents is 1. The summed E-state index contributed by atoms with van der Waals surface area (Å²) in [5.41, 5.74) is 2.37. The Labute approximate surface area is 228 Å². The predicted molar refractivity (Wildman–Crippen MR) is 151 cm³/mol. The van der Waals surface area contributed by atoms with Crippen LogP contribution >= 0.6 is 11.3 Å². The Hall–Kier alpha value is -4.63. The van der Waals surface area contributed by atoms with Crippen LogP contribution in [0.1, 0.15) is 31.0 Å². The minimum absolute atomic E-state index is 0.0620. The summed E-state index contributed by atoms with van der Waals surface area (Å²) in [5.74, 6) is 0.590. The van der Waals surface area contributed by atoms with Crippen molar-refractivity contribution in [3.8, 4) is 17.2 Å². The molecule has 1 aliphatic heterocycles. The molecular weight excluding hydrogens is 514 g/mol. The molecule has 8 nitrogen and oxygen atoms in total. The van der Waals surface area contributed by atoms with Crippen molar-refractivity contribution in [2.45, 2.75) is 19.9 Å². The minimum atomic E-state index is -0.721. The Kier molecular flexibility index (Phi) is 7.33. The lowest BCUT2D eigenvalue weighted by Gasteiger charge is -2.25. The van der Waals surface area contributed by atoms with Crippen LogP contribution < -0.4 is 29.7 Å². The monoisotopic (exact) mass is 541 g/mol. The van der Waals surface area contributed by atoms with E-state index in [2.05, 4.69) is 10.3 Å². The summed E-state index contributed by atoms with van der Waals surface area (Å²) < 4.78 is 12.7. The highest BCUT2D eigenvalue weighted by atomic mass is 32.1. The molecule has 0 spiro atoms. The average Bonchev–Trinajstić information content (AvgIpc) is 3.24. The van der Waals surface area contributed by atoms with Crippen LogP contribution in [-0.2, 0) is 4.79 Å². The van der Waals surface area contributed by atoms with Crippen molar-refractivity contribution in [3.05, 3.63) is 115 Å². The third-order valence-corrected chi connectivity index (χ3v) is 7.32. The number of hydrogen-bond donors (Lipinski definition) is 2. The van der Waals surface area contributed by atoms with Crippen molar-refractivity contribution < 1.29 is 19.4 Å². The van der Waals surface area contributed by atoms with Crippen molar-refractivity contribution in [1.82, 2.24) is 4.57 Å². The van der Waals surface area contributed by atoms with E-state index in [4.69, 9.17) is 9.47 Å². The number of allylic oxidation sites excluding steroid dienone is 1. The maximum Gasteiger partial charge on any atom is 0.271 e. The topological polar surface area (TPSA) is 102 Å². The number of phenols is 1. The molecular formula is C30H27N3O5S. The number of amides is 1. The van der Waals surface area contributed by atoms with Gasteiger partial charge in [0, 0.05) is 11.3 Å². The SMILES string of the molecule is CCOc1ccc([C@@H]2C(C(=O)Nc3ccccc3)=C(C)N=c3s/c(=C\c4cccc(OC)c4O)c(=O)n32)cc1. The van der Waals surface area contributed by atoms with Gasteiger partial charge in [-0.15, -0.1) is 0 Å². The van der Waals surface area contributed by atoms with Crippen molar-refractivity contribution in [2.75, 3.05) is 19.0 Å². The quantitative estimate of drug-likeness (QED) is 0.369. The third kappa shape index (κ3) is 5.08. The number of thiazole rings is 1. The number of ether oxygens (including phenoxy) is 2. The molecule has 0 saturated carbocycles. The maximum atomic E-state index is 13.9. The molecule has 2 heterocycles. The smallest absolute Gasteiger partial charge is 0.271 e. The van der Waals surface area contributed by atoms with Gasteiger partial charge in [0.15, 0.2) is 16.3 Å². The molecule has 0 unspecified atom stereocenters. The van der Waals surface area contributed by atoms with Crippen LogP contribution in [0.5, 0.6) is 17.2 Å². The van der Waals surface area contributed by atoms with Gasteiger partial charge < -0.3 is 19.9 Å². The molecule has 198 valence electrons. The molecule has 5 rings (SSSR count). The second kappa shape index (κ2) is 11.0. The minimum Gasteiger partial charge on any atom is -0.504 e. The van der Waals surface area contributed by atoms with Crippen molar-refractivity contribution >= 4 is 29.0 Å². The molecule has 1 aromatic heterocycles. The van der Waals surface area contributed by atoms with Gasteiger partial charge in [0.2, 0.25) is 0 Å². The number of nitrogens with zero attached hydrogens (tertiary/aromatic N) is 2. The molecule has 2 N–H and O–H groups in total. The lowest BCUT2D eigenvalue weighted by molar-refractivity contribution is -0.113. The van der Waals surface area contributed by atoms with Gasteiger partial charge >= 0.3 is 0 Å². The normalized spacial score (nSPS) is 14.9. The van der Waals surface area contributed by atoms with E-state index in [1.54, 1.807) is 43.3 Å². The molecule has 39 heavy (non-hydrogen) atoms. The molecule has 0 bridgehead atoms. The van der Waals surface area contributed by atoms with E-state index >= 15 is 0 Å². The maximum absolute atomic E-state index is 13.9. The number of anilines is 1. The summed E-state index contributed by atoms with van der Waals surface area (Å²) in [5, 5.41) is 13.5. The average molecular weight is 542 g/mol. The van der Waals surface area contributed by atoms with Crippen molar-refractivity contribution in [1.29, 1.82) is 0 Å². The highest BCUT2D eigenvalue weighted by Gasteiger charge is 2.32. The predicted octanol–water partition coefficient (Wildman–Crippen LogP) is 3.99. The van der Waals surface area contributed by atoms with Gasteiger partial charge in [-0.3, -0.25) is 14.2 Å². The molecule has 0 fully saturated rings. The van der Waals surface area contributed by atoms with E-state index in [9.17, 15) is 14.7 Å². The Morgan fingerprint density at radius 1 is 1.10 bits per heavy atom. The van der Waals surface area contributed by atoms with Crippen LogP contribution in [-0.4, -0.2) is 29.3 Å². The van der Waals surface area contributed by atoms with Crippen LogP contribution in [0.25, 0.3) is 6.08 Å². The Bertz CT molecular complexity index is 1740. The molecule has 0 saturated heterocycles. The molecule has 4 aromatic rings. The Morgan fingerprint density at radius 3 is 2.54 bits per heavy atom. The van der Waals surface area contributed by atoms with Crippen molar-refractivity contribution in [2.24, 2.45) is 4.99 Å². The lowest BCUT2D eigenvalue weighted by atomic mass is 9.95. The second-order valence-corrected chi connectivity index (χ2v) is 9.81.